The summed E-state index contributed by atoms with van der Waals surface area (Å²) in [4.78, 5) is 14.4. The van der Waals surface area contributed by atoms with Gasteiger partial charge in [-0.05, 0) is 37.8 Å². The van der Waals surface area contributed by atoms with Crippen LogP contribution < -0.4 is 5.32 Å². The van der Waals surface area contributed by atoms with E-state index in [0.717, 1.165) is 58.5 Å². The van der Waals surface area contributed by atoms with Gasteiger partial charge in [0.25, 0.3) is 0 Å². The number of carbonyl (C=O) groups excluding carboxylic acids is 1. The van der Waals surface area contributed by atoms with Crippen LogP contribution in [0.4, 0.5) is 0 Å². The Balaban J connectivity index is 1.36. The Bertz CT molecular complexity index is 463. The molecule has 2 heterocycles. The molecule has 2 saturated heterocycles. The summed E-state index contributed by atoms with van der Waals surface area (Å²) in [6.07, 6.45) is 4.22. The van der Waals surface area contributed by atoms with Crippen LogP contribution in [-0.2, 0) is 16.0 Å². The van der Waals surface area contributed by atoms with Gasteiger partial charge < -0.3 is 15.0 Å². The quantitative estimate of drug-likeness (QED) is 0.902. The van der Waals surface area contributed by atoms with Gasteiger partial charge in [0.15, 0.2) is 0 Å². The second-order valence-corrected chi connectivity index (χ2v) is 6.32. The van der Waals surface area contributed by atoms with Crippen LogP contribution in [-0.4, -0.2) is 49.7 Å². The number of hydrogen-bond donors (Lipinski definition) is 1. The number of ether oxygens (including phenoxy) is 1. The summed E-state index contributed by atoms with van der Waals surface area (Å²) in [6.45, 7) is 4.31. The van der Waals surface area contributed by atoms with Gasteiger partial charge in [-0.15, -0.1) is 0 Å². The van der Waals surface area contributed by atoms with Crippen molar-refractivity contribution in [3.8, 4) is 0 Å². The van der Waals surface area contributed by atoms with Gasteiger partial charge in [-0.25, -0.2) is 0 Å². The fraction of sp³-hybridized carbons (Fsp3) is 0.611. The van der Waals surface area contributed by atoms with Gasteiger partial charge in [-0.2, -0.15) is 0 Å². The van der Waals surface area contributed by atoms with Gasteiger partial charge in [0, 0.05) is 19.6 Å². The lowest BCUT2D eigenvalue weighted by Crippen LogP contribution is -2.44. The monoisotopic (exact) mass is 302 g/mol. The molecule has 22 heavy (non-hydrogen) atoms. The van der Waals surface area contributed by atoms with E-state index in [0.29, 0.717) is 12.0 Å². The maximum atomic E-state index is 12.4. The second-order valence-electron chi connectivity index (χ2n) is 6.32. The predicted octanol–water partition coefficient (Wildman–Crippen LogP) is 1.85. The molecule has 2 aliphatic heterocycles. The van der Waals surface area contributed by atoms with Crippen molar-refractivity contribution in [2.45, 2.75) is 31.8 Å². The standard InChI is InChI=1S/C18H26N2O2/c21-18(16-6-10-19-14-16)20-11-7-17(8-12-20)22-13-9-15-4-2-1-3-5-15/h1-5,16-17,19H,6-14H2. The number of rotatable bonds is 5. The molecule has 4 nitrogen and oxygen atoms in total. The molecule has 1 N–H and O–H groups in total. The summed E-state index contributed by atoms with van der Waals surface area (Å²) in [7, 11) is 0. The summed E-state index contributed by atoms with van der Waals surface area (Å²) >= 11 is 0. The molecule has 2 fully saturated rings. The minimum atomic E-state index is 0.204. The smallest absolute Gasteiger partial charge is 0.227 e. The average Bonchev–Trinajstić information content (AvgIpc) is 3.10. The normalized spacial score (nSPS) is 22.9. The highest BCUT2D eigenvalue weighted by Crippen LogP contribution is 2.19. The highest BCUT2D eigenvalue weighted by molar-refractivity contribution is 5.79. The Kier molecular flexibility index (Phi) is 5.46. The zero-order valence-corrected chi connectivity index (χ0v) is 13.2. The lowest BCUT2D eigenvalue weighted by atomic mass is 10.0. The summed E-state index contributed by atoms with van der Waals surface area (Å²) in [5.74, 6) is 0.545. The molecule has 0 bridgehead atoms. The molecule has 3 rings (SSSR count). The summed E-state index contributed by atoms with van der Waals surface area (Å²) < 4.78 is 5.99. The Morgan fingerprint density at radius 3 is 2.64 bits per heavy atom. The molecule has 1 amide bonds. The van der Waals surface area contributed by atoms with Gasteiger partial charge in [0.2, 0.25) is 5.91 Å². The minimum Gasteiger partial charge on any atom is -0.378 e. The van der Waals surface area contributed by atoms with Crippen LogP contribution in [0.1, 0.15) is 24.8 Å². The van der Waals surface area contributed by atoms with Crippen molar-refractivity contribution in [1.29, 1.82) is 0 Å². The molecular formula is C18H26N2O2. The first-order chi connectivity index (χ1) is 10.8. The zero-order valence-electron chi connectivity index (χ0n) is 13.2. The number of nitrogens with one attached hydrogen (secondary N) is 1. The summed E-state index contributed by atoms with van der Waals surface area (Å²) in [5.41, 5.74) is 1.32. The van der Waals surface area contributed by atoms with E-state index in [1.165, 1.54) is 5.56 Å². The average molecular weight is 302 g/mol. The molecule has 0 aliphatic carbocycles. The first kappa shape index (κ1) is 15.5. The van der Waals surface area contributed by atoms with Crippen LogP contribution in [0.2, 0.25) is 0 Å². The Morgan fingerprint density at radius 1 is 1.18 bits per heavy atom. The van der Waals surface area contributed by atoms with E-state index in [1.54, 1.807) is 0 Å². The summed E-state index contributed by atoms with van der Waals surface area (Å²) in [6, 6.07) is 10.5. The maximum Gasteiger partial charge on any atom is 0.227 e. The van der Waals surface area contributed by atoms with E-state index in [4.69, 9.17) is 4.74 Å². The Morgan fingerprint density at radius 2 is 1.95 bits per heavy atom. The molecule has 120 valence electrons. The van der Waals surface area contributed by atoms with E-state index in [9.17, 15) is 4.79 Å². The Hall–Kier alpha value is -1.39. The van der Waals surface area contributed by atoms with Gasteiger partial charge >= 0.3 is 0 Å². The maximum absolute atomic E-state index is 12.4. The third kappa shape index (κ3) is 4.08. The van der Waals surface area contributed by atoms with E-state index in [-0.39, 0.29) is 5.92 Å². The van der Waals surface area contributed by atoms with Crippen molar-refractivity contribution in [3.05, 3.63) is 35.9 Å². The number of amides is 1. The number of likely N-dealkylation sites (tertiary alicyclic amines) is 1. The first-order valence-electron chi connectivity index (χ1n) is 8.48. The summed E-state index contributed by atoms with van der Waals surface area (Å²) in [5, 5.41) is 3.27. The third-order valence-electron chi connectivity index (χ3n) is 4.75. The lowest BCUT2D eigenvalue weighted by Gasteiger charge is -2.33. The minimum absolute atomic E-state index is 0.204. The van der Waals surface area contributed by atoms with Crippen LogP contribution >= 0.6 is 0 Å². The van der Waals surface area contributed by atoms with Crippen LogP contribution in [0.3, 0.4) is 0 Å². The van der Waals surface area contributed by atoms with E-state index in [1.807, 2.05) is 11.0 Å². The molecule has 2 aliphatic rings. The van der Waals surface area contributed by atoms with Crippen molar-refractivity contribution in [2.75, 3.05) is 32.8 Å². The molecular weight excluding hydrogens is 276 g/mol. The molecule has 0 saturated carbocycles. The van der Waals surface area contributed by atoms with Crippen LogP contribution in [0, 0.1) is 5.92 Å². The van der Waals surface area contributed by atoms with Crippen LogP contribution in [0.15, 0.2) is 30.3 Å². The van der Waals surface area contributed by atoms with Gasteiger partial charge in [0.05, 0.1) is 18.6 Å². The third-order valence-corrected chi connectivity index (χ3v) is 4.75. The first-order valence-corrected chi connectivity index (χ1v) is 8.48. The molecule has 0 radical (unpaired) electrons. The highest BCUT2D eigenvalue weighted by atomic mass is 16.5. The highest BCUT2D eigenvalue weighted by Gasteiger charge is 2.30. The molecule has 1 aromatic rings. The van der Waals surface area contributed by atoms with Crippen LogP contribution in [0.25, 0.3) is 0 Å². The van der Waals surface area contributed by atoms with Crippen molar-refractivity contribution in [3.63, 3.8) is 0 Å². The largest absolute Gasteiger partial charge is 0.378 e. The molecule has 0 aromatic heterocycles. The number of hydrogen-bond acceptors (Lipinski definition) is 3. The number of benzene rings is 1. The molecule has 1 unspecified atom stereocenters. The van der Waals surface area contributed by atoms with Crippen molar-refractivity contribution >= 4 is 5.91 Å². The van der Waals surface area contributed by atoms with E-state index >= 15 is 0 Å². The van der Waals surface area contributed by atoms with E-state index < -0.39 is 0 Å². The van der Waals surface area contributed by atoms with Crippen molar-refractivity contribution in [1.82, 2.24) is 10.2 Å². The lowest BCUT2D eigenvalue weighted by molar-refractivity contribution is -0.137. The van der Waals surface area contributed by atoms with Crippen LogP contribution in [0.5, 0.6) is 0 Å². The second kappa shape index (κ2) is 7.75. The zero-order chi connectivity index (χ0) is 15.2. The van der Waals surface area contributed by atoms with E-state index in [2.05, 4.69) is 29.6 Å². The molecule has 4 heteroatoms. The SMILES string of the molecule is O=C(C1CCNC1)N1CCC(OCCc2ccccc2)CC1. The fourth-order valence-corrected chi connectivity index (χ4v) is 3.35. The molecule has 1 aromatic carbocycles. The number of carbonyl (C=O) groups is 1. The number of nitrogens with zero attached hydrogens (tertiary/aromatic N) is 1. The van der Waals surface area contributed by atoms with Crippen molar-refractivity contribution < 1.29 is 9.53 Å². The molecule has 1 atom stereocenters. The van der Waals surface area contributed by atoms with Gasteiger partial charge in [-0.3, -0.25) is 4.79 Å². The fourth-order valence-electron chi connectivity index (χ4n) is 3.35. The number of piperidine rings is 1. The molecule has 0 spiro atoms. The Labute approximate surface area is 132 Å². The predicted molar refractivity (Wildman–Crippen MR) is 86.7 cm³/mol. The van der Waals surface area contributed by atoms with Crippen molar-refractivity contribution in [2.24, 2.45) is 5.92 Å². The van der Waals surface area contributed by atoms with Gasteiger partial charge in [0.1, 0.15) is 0 Å². The topological polar surface area (TPSA) is 41.6 Å². The van der Waals surface area contributed by atoms with Gasteiger partial charge in [-0.1, -0.05) is 30.3 Å².